The Morgan fingerprint density at radius 2 is 1.76 bits per heavy atom. The molecule has 0 aliphatic rings. The molecule has 5 heteroatoms. The first-order chi connectivity index (χ1) is 10.2. The van der Waals surface area contributed by atoms with E-state index in [9.17, 15) is 4.79 Å². The third-order valence-electron chi connectivity index (χ3n) is 2.84. The van der Waals surface area contributed by atoms with Crippen molar-refractivity contribution in [1.29, 1.82) is 0 Å². The number of hydrogen-bond donors (Lipinski definition) is 2. The third kappa shape index (κ3) is 4.35. The monoisotopic (exact) mass is 284 g/mol. The minimum absolute atomic E-state index is 0.0871. The fourth-order valence-electron chi connectivity index (χ4n) is 1.88. The largest absolute Gasteiger partial charge is 0.457 e. The number of carbonyl (C=O) groups is 1. The van der Waals surface area contributed by atoms with Gasteiger partial charge in [-0.15, -0.1) is 0 Å². The van der Waals surface area contributed by atoms with Gasteiger partial charge in [-0.3, -0.25) is 4.79 Å². The summed E-state index contributed by atoms with van der Waals surface area (Å²) in [5.41, 5.74) is 6.10. The van der Waals surface area contributed by atoms with Crippen molar-refractivity contribution in [2.45, 2.75) is 12.8 Å². The van der Waals surface area contributed by atoms with Gasteiger partial charge in [0.1, 0.15) is 23.1 Å². The van der Waals surface area contributed by atoms with Crippen molar-refractivity contribution >= 4 is 11.6 Å². The van der Waals surface area contributed by atoms with Gasteiger partial charge in [0.25, 0.3) is 0 Å². The lowest BCUT2D eigenvalue weighted by Crippen LogP contribution is -2.18. The van der Waals surface area contributed by atoms with Gasteiger partial charge in [0.2, 0.25) is 0 Å². The van der Waals surface area contributed by atoms with Gasteiger partial charge in [-0.05, 0) is 18.2 Å². The van der Waals surface area contributed by atoms with Crippen LogP contribution in [0.2, 0.25) is 0 Å². The average Bonchev–Trinajstić information content (AvgIpc) is 2.50. The number of Topliss-reactive ketones (excluding diaryl/α,β-unsaturated/α-hetero) is 1. The number of nitrogens with two attached hydrogens (primary N) is 1. The van der Waals surface area contributed by atoms with E-state index in [-0.39, 0.29) is 24.5 Å². The Balaban J connectivity index is 2.12. The highest BCUT2D eigenvalue weighted by Crippen LogP contribution is 2.25. The van der Waals surface area contributed by atoms with E-state index in [2.05, 4.69) is 5.16 Å². The van der Waals surface area contributed by atoms with Gasteiger partial charge in [0, 0.05) is 12.0 Å². The number of para-hydroxylation sites is 2. The topological polar surface area (TPSA) is 84.9 Å². The summed E-state index contributed by atoms with van der Waals surface area (Å²) in [7, 11) is 0. The molecule has 0 radical (unpaired) electrons. The normalized spacial score (nSPS) is 11.1. The molecule has 21 heavy (non-hydrogen) atoms. The van der Waals surface area contributed by atoms with Gasteiger partial charge in [-0.2, -0.15) is 0 Å². The van der Waals surface area contributed by atoms with E-state index in [4.69, 9.17) is 15.7 Å². The minimum atomic E-state index is -0.144. The highest BCUT2D eigenvalue weighted by molar-refractivity contribution is 6.00. The molecule has 0 bridgehead atoms. The van der Waals surface area contributed by atoms with Crippen LogP contribution < -0.4 is 10.5 Å². The summed E-state index contributed by atoms with van der Waals surface area (Å²) in [6.45, 7) is 0. The van der Waals surface area contributed by atoms with Crippen LogP contribution in [-0.2, 0) is 11.2 Å². The van der Waals surface area contributed by atoms with Crippen molar-refractivity contribution in [3.63, 3.8) is 0 Å². The van der Waals surface area contributed by atoms with Crippen LogP contribution in [0.25, 0.3) is 0 Å². The quantitative estimate of drug-likeness (QED) is 0.369. The summed E-state index contributed by atoms with van der Waals surface area (Å²) in [6.07, 6.45) is 0.0788. The Hall–Kier alpha value is -2.82. The molecule has 0 aliphatic carbocycles. The maximum Gasteiger partial charge on any atom is 0.146 e. The van der Waals surface area contributed by atoms with Crippen molar-refractivity contribution in [3.05, 3.63) is 60.2 Å². The van der Waals surface area contributed by atoms with Gasteiger partial charge in [-0.1, -0.05) is 41.6 Å². The SMILES string of the molecule is N/C(CC(=O)Cc1ccccc1Oc1ccccc1)=N\O. The first kappa shape index (κ1) is 14.6. The zero-order chi connectivity index (χ0) is 15.1. The molecule has 3 N–H and O–H groups in total. The summed E-state index contributed by atoms with van der Waals surface area (Å²) in [5, 5.41) is 11.3. The smallest absolute Gasteiger partial charge is 0.146 e. The highest BCUT2D eigenvalue weighted by Gasteiger charge is 2.11. The predicted molar refractivity (Wildman–Crippen MR) is 79.7 cm³/mol. The van der Waals surface area contributed by atoms with Gasteiger partial charge < -0.3 is 15.7 Å². The van der Waals surface area contributed by atoms with Gasteiger partial charge >= 0.3 is 0 Å². The van der Waals surface area contributed by atoms with Crippen LogP contribution >= 0.6 is 0 Å². The molecule has 0 fully saturated rings. The molecule has 0 spiro atoms. The van der Waals surface area contributed by atoms with E-state index in [1.54, 1.807) is 6.07 Å². The van der Waals surface area contributed by atoms with Crippen molar-refractivity contribution in [2.75, 3.05) is 0 Å². The predicted octanol–water partition coefficient (Wildman–Crippen LogP) is 2.73. The molecular formula is C16H16N2O3. The Morgan fingerprint density at radius 1 is 1.10 bits per heavy atom. The molecule has 0 atom stereocenters. The van der Waals surface area contributed by atoms with Crippen molar-refractivity contribution in [1.82, 2.24) is 0 Å². The van der Waals surface area contributed by atoms with Crippen LogP contribution in [0.3, 0.4) is 0 Å². The van der Waals surface area contributed by atoms with Crippen LogP contribution in [0.15, 0.2) is 59.8 Å². The number of ether oxygens (including phenoxy) is 1. The van der Waals surface area contributed by atoms with Crippen LogP contribution in [-0.4, -0.2) is 16.8 Å². The van der Waals surface area contributed by atoms with Gasteiger partial charge in [-0.25, -0.2) is 0 Å². The fraction of sp³-hybridized carbons (Fsp3) is 0.125. The lowest BCUT2D eigenvalue weighted by molar-refractivity contribution is -0.117. The van der Waals surface area contributed by atoms with E-state index >= 15 is 0 Å². The minimum Gasteiger partial charge on any atom is -0.457 e. The number of ketones is 1. The number of amidine groups is 1. The van der Waals surface area contributed by atoms with Crippen LogP contribution in [0.5, 0.6) is 11.5 Å². The lowest BCUT2D eigenvalue weighted by atomic mass is 10.1. The summed E-state index contributed by atoms with van der Waals surface area (Å²) in [4.78, 5) is 11.9. The second kappa shape index (κ2) is 7.09. The molecule has 0 amide bonds. The molecule has 5 nitrogen and oxygen atoms in total. The lowest BCUT2D eigenvalue weighted by Gasteiger charge is -2.10. The highest BCUT2D eigenvalue weighted by atomic mass is 16.5. The van der Waals surface area contributed by atoms with E-state index in [1.165, 1.54) is 0 Å². The van der Waals surface area contributed by atoms with Crippen LogP contribution in [0, 0.1) is 0 Å². The second-order valence-corrected chi connectivity index (χ2v) is 4.51. The molecule has 2 aromatic rings. The molecule has 0 aliphatic heterocycles. The Morgan fingerprint density at radius 3 is 2.48 bits per heavy atom. The van der Waals surface area contributed by atoms with Crippen molar-refractivity contribution < 1.29 is 14.7 Å². The zero-order valence-corrected chi connectivity index (χ0v) is 11.4. The Bertz CT molecular complexity index is 639. The Labute approximate surface area is 122 Å². The fourth-order valence-corrected chi connectivity index (χ4v) is 1.88. The summed E-state index contributed by atoms with van der Waals surface area (Å²) in [6, 6.07) is 16.6. The van der Waals surface area contributed by atoms with Gasteiger partial charge in [0.05, 0.1) is 6.42 Å². The molecular weight excluding hydrogens is 268 g/mol. The molecule has 0 aromatic heterocycles. The Kier molecular flexibility index (Phi) is 4.93. The first-order valence-electron chi connectivity index (χ1n) is 6.48. The molecule has 0 heterocycles. The van der Waals surface area contributed by atoms with E-state index in [0.29, 0.717) is 11.5 Å². The van der Waals surface area contributed by atoms with Gasteiger partial charge in [0.15, 0.2) is 0 Å². The third-order valence-corrected chi connectivity index (χ3v) is 2.84. The number of nitrogens with zero attached hydrogens (tertiary/aromatic N) is 1. The number of oxime groups is 1. The maximum atomic E-state index is 11.9. The molecule has 0 unspecified atom stereocenters. The molecule has 0 saturated carbocycles. The number of benzene rings is 2. The van der Waals surface area contributed by atoms with E-state index < -0.39 is 0 Å². The molecule has 0 saturated heterocycles. The first-order valence-corrected chi connectivity index (χ1v) is 6.48. The molecule has 2 aromatic carbocycles. The van der Waals surface area contributed by atoms with E-state index in [1.807, 2.05) is 48.5 Å². The second-order valence-electron chi connectivity index (χ2n) is 4.51. The zero-order valence-electron chi connectivity index (χ0n) is 11.4. The van der Waals surface area contributed by atoms with Crippen molar-refractivity contribution in [2.24, 2.45) is 10.9 Å². The summed E-state index contributed by atoms with van der Waals surface area (Å²) in [5.74, 6) is 1.08. The van der Waals surface area contributed by atoms with E-state index in [0.717, 1.165) is 5.56 Å². The summed E-state index contributed by atoms with van der Waals surface area (Å²) < 4.78 is 5.78. The van der Waals surface area contributed by atoms with Crippen LogP contribution in [0.1, 0.15) is 12.0 Å². The number of hydrogen-bond acceptors (Lipinski definition) is 4. The number of rotatable bonds is 6. The number of carbonyl (C=O) groups excluding carboxylic acids is 1. The molecule has 108 valence electrons. The van der Waals surface area contributed by atoms with Crippen LogP contribution in [0.4, 0.5) is 0 Å². The van der Waals surface area contributed by atoms with Crippen molar-refractivity contribution in [3.8, 4) is 11.5 Å². The standard InChI is InChI=1S/C16H16N2O3/c17-16(18-20)11-13(19)10-12-6-4-5-9-15(12)21-14-7-2-1-3-8-14/h1-9,20H,10-11H2,(H2,17,18). The maximum absolute atomic E-state index is 11.9. The molecule has 2 rings (SSSR count). The summed E-state index contributed by atoms with van der Waals surface area (Å²) >= 11 is 0. The average molecular weight is 284 g/mol.